The molecule has 2 saturated carbocycles. The summed E-state index contributed by atoms with van der Waals surface area (Å²) < 4.78 is 5.59. The zero-order chi connectivity index (χ0) is 10.9. The van der Waals surface area contributed by atoms with Gasteiger partial charge in [0.1, 0.15) is 0 Å². The summed E-state index contributed by atoms with van der Waals surface area (Å²) in [5, 5.41) is 9.92. The van der Waals surface area contributed by atoms with E-state index in [1.54, 1.807) is 0 Å². The summed E-state index contributed by atoms with van der Waals surface area (Å²) in [6, 6.07) is 0. The van der Waals surface area contributed by atoms with Crippen molar-refractivity contribution >= 4 is 0 Å². The van der Waals surface area contributed by atoms with Crippen LogP contribution in [0.15, 0.2) is 0 Å². The molecule has 0 spiro atoms. The van der Waals surface area contributed by atoms with Crippen molar-refractivity contribution < 1.29 is 9.84 Å². The second kappa shape index (κ2) is 4.42. The van der Waals surface area contributed by atoms with Crippen LogP contribution in [0, 0.1) is 17.3 Å². The number of hydrogen-bond acceptors (Lipinski definition) is 2. The molecule has 0 bridgehead atoms. The van der Waals surface area contributed by atoms with E-state index in [9.17, 15) is 5.11 Å². The molecule has 0 radical (unpaired) electrons. The third-order valence-electron chi connectivity index (χ3n) is 4.51. The average Bonchev–Trinajstić information content (AvgIpc) is 3.00. The maximum Gasteiger partial charge on any atom is 0.0568 e. The first kappa shape index (κ1) is 11.4. The van der Waals surface area contributed by atoms with Gasteiger partial charge in [0.2, 0.25) is 0 Å². The molecule has 88 valence electrons. The van der Waals surface area contributed by atoms with Crippen molar-refractivity contribution in [2.75, 3.05) is 13.2 Å². The number of ether oxygens (including phenoxy) is 1. The summed E-state index contributed by atoms with van der Waals surface area (Å²) in [4.78, 5) is 0. The van der Waals surface area contributed by atoms with Crippen LogP contribution >= 0.6 is 0 Å². The molecule has 0 heterocycles. The van der Waals surface area contributed by atoms with Crippen LogP contribution in [0.25, 0.3) is 0 Å². The van der Waals surface area contributed by atoms with Gasteiger partial charge in [-0.15, -0.1) is 0 Å². The zero-order valence-corrected chi connectivity index (χ0v) is 10.0. The van der Waals surface area contributed by atoms with Crippen molar-refractivity contribution in [2.24, 2.45) is 17.3 Å². The maximum absolute atomic E-state index is 9.92. The lowest BCUT2D eigenvalue weighted by atomic mass is 9.73. The number of aliphatic hydroxyl groups is 1. The Bertz CT molecular complexity index is 211. The Balaban J connectivity index is 1.88. The van der Waals surface area contributed by atoms with Crippen molar-refractivity contribution in [1.29, 1.82) is 0 Å². The first-order chi connectivity index (χ1) is 7.18. The van der Waals surface area contributed by atoms with Crippen LogP contribution in [-0.4, -0.2) is 24.4 Å². The smallest absolute Gasteiger partial charge is 0.0568 e. The number of hydrogen-bond donors (Lipinski definition) is 1. The minimum Gasteiger partial charge on any atom is -0.393 e. The van der Waals surface area contributed by atoms with Crippen LogP contribution in [0.3, 0.4) is 0 Å². The Kier molecular flexibility index (Phi) is 3.36. The van der Waals surface area contributed by atoms with Crippen LogP contribution in [0.4, 0.5) is 0 Å². The van der Waals surface area contributed by atoms with Gasteiger partial charge in [-0.05, 0) is 56.3 Å². The molecule has 3 unspecified atom stereocenters. The normalized spacial score (nSPS) is 39.0. The van der Waals surface area contributed by atoms with Crippen LogP contribution < -0.4 is 0 Å². The van der Waals surface area contributed by atoms with Crippen LogP contribution in [0.1, 0.15) is 46.0 Å². The zero-order valence-electron chi connectivity index (χ0n) is 10.0. The van der Waals surface area contributed by atoms with Gasteiger partial charge in [0.15, 0.2) is 0 Å². The highest BCUT2D eigenvalue weighted by Crippen LogP contribution is 2.56. The van der Waals surface area contributed by atoms with Gasteiger partial charge in [-0.1, -0.05) is 6.92 Å². The van der Waals surface area contributed by atoms with E-state index in [1.807, 2.05) is 0 Å². The number of rotatable bonds is 4. The molecule has 2 rings (SSSR count). The van der Waals surface area contributed by atoms with Crippen molar-refractivity contribution in [3.05, 3.63) is 0 Å². The van der Waals surface area contributed by atoms with Gasteiger partial charge in [0, 0.05) is 6.61 Å². The monoisotopic (exact) mass is 212 g/mol. The first-order valence-electron chi connectivity index (χ1n) is 6.44. The maximum atomic E-state index is 9.92. The molecule has 0 aliphatic heterocycles. The average molecular weight is 212 g/mol. The van der Waals surface area contributed by atoms with E-state index in [0.29, 0.717) is 11.3 Å². The van der Waals surface area contributed by atoms with Crippen molar-refractivity contribution in [3.63, 3.8) is 0 Å². The standard InChI is InChI=1S/C13H24O2/c1-3-15-9-13(6-7-13)11-5-4-10(2)12(14)8-11/h10-12,14H,3-9H2,1-2H3. The largest absolute Gasteiger partial charge is 0.393 e. The first-order valence-corrected chi connectivity index (χ1v) is 6.44. The van der Waals surface area contributed by atoms with Crippen LogP contribution in [-0.2, 0) is 4.74 Å². The van der Waals surface area contributed by atoms with Gasteiger partial charge < -0.3 is 9.84 Å². The predicted octanol–water partition coefficient (Wildman–Crippen LogP) is 2.60. The summed E-state index contributed by atoms with van der Waals surface area (Å²) in [5.74, 6) is 1.22. The molecule has 0 aromatic rings. The Hall–Kier alpha value is -0.0800. The number of aliphatic hydroxyl groups excluding tert-OH is 1. The molecule has 0 aromatic heterocycles. The molecule has 0 saturated heterocycles. The van der Waals surface area contributed by atoms with E-state index < -0.39 is 0 Å². The quantitative estimate of drug-likeness (QED) is 0.776. The fourth-order valence-electron chi connectivity index (χ4n) is 2.99. The Morgan fingerprint density at radius 2 is 2.07 bits per heavy atom. The highest BCUT2D eigenvalue weighted by molar-refractivity contribution is 5.00. The van der Waals surface area contributed by atoms with Crippen molar-refractivity contribution in [2.45, 2.75) is 52.1 Å². The lowest BCUT2D eigenvalue weighted by Gasteiger charge is -2.36. The fraction of sp³-hybridized carbons (Fsp3) is 1.00. The molecular weight excluding hydrogens is 188 g/mol. The molecule has 2 nitrogen and oxygen atoms in total. The lowest BCUT2D eigenvalue weighted by molar-refractivity contribution is 0.00272. The summed E-state index contributed by atoms with van der Waals surface area (Å²) >= 11 is 0. The Morgan fingerprint density at radius 3 is 2.60 bits per heavy atom. The van der Waals surface area contributed by atoms with Crippen LogP contribution in [0.2, 0.25) is 0 Å². The SMILES string of the molecule is CCOCC1(C2CCC(C)C(O)C2)CC1. The lowest BCUT2D eigenvalue weighted by Crippen LogP contribution is -2.33. The highest BCUT2D eigenvalue weighted by Gasteiger charge is 2.50. The third-order valence-corrected chi connectivity index (χ3v) is 4.51. The molecule has 3 atom stereocenters. The van der Waals surface area contributed by atoms with E-state index in [2.05, 4.69) is 13.8 Å². The molecule has 2 aliphatic carbocycles. The molecule has 15 heavy (non-hydrogen) atoms. The molecular formula is C13H24O2. The van der Waals surface area contributed by atoms with Gasteiger partial charge in [-0.2, -0.15) is 0 Å². The molecule has 0 amide bonds. The molecule has 1 N–H and O–H groups in total. The summed E-state index contributed by atoms with van der Waals surface area (Å²) in [5.41, 5.74) is 0.455. The minimum absolute atomic E-state index is 0.0668. The summed E-state index contributed by atoms with van der Waals surface area (Å²) in [6.07, 6.45) is 6.07. The van der Waals surface area contributed by atoms with Gasteiger partial charge in [-0.3, -0.25) is 0 Å². The third kappa shape index (κ3) is 2.36. The topological polar surface area (TPSA) is 29.5 Å². The fourth-order valence-corrected chi connectivity index (χ4v) is 2.99. The van der Waals surface area contributed by atoms with Gasteiger partial charge in [0.25, 0.3) is 0 Å². The second-order valence-corrected chi connectivity index (χ2v) is 5.55. The van der Waals surface area contributed by atoms with Gasteiger partial charge in [0.05, 0.1) is 12.7 Å². The van der Waals surface area contributed by atoms with E-state index in [1.165, 1.54) is 25.7 Å². The molecule has 2 aliphatic rings. The van der Waals surface area contributed by atoms with E-state index in [0.717, 1.165) is 25.6 Å². The predicted molar refractivity (Wildman–Crippen MR) is 60.7 cm³/mol. The molecule has 0 aromatic carbocycles. The molecule has 2 fully saturated rings. The second-order valence-electron chi connectivity index (χ2n) is 5.55. The van der Waals surface area contributed by atoms with E-state index in [-0.39, 0.29) is 6.10 Å². The minimum atomic E-state index is -0.0668. The van der Waals surface area contributed by atoms with E-state index >= 15 is 0 Å². The van der Waals surface area contributed by atoms with E-state index in [4.69, 9.17) is 4.74 Å². The summed E-state index contributed by atoms with van der Waals surface area (Å²) in [6.45, 7) is 5.99. The summed E-state index contributed by atoms with van der Waals surface area (Å²) in [7, 11) is 0. The highest BCUT2D eigenvalue weighted by atomic mass is 16.5. The van der Waals surface area contributed by atoms with Gasteiger partial charge >= 0.3 is 0 Å². The Labute approximate surface area is 93.0 Å². The van der Waals surface area contributed by atoms with Crippen molar-refractivity contribution in [1.82, 2.24) is 0 Å². The van der Waals surface area contributed by atoms with Crippen molar-refractivity contribution in [3.8, 4) is 0 Å². The Morgan fingerprint density at radius 1 is 1.33 bits per heavy atom. The van der Waals surface area contributed by atoms with Gasteiger partial charge in [-0.25, -0.2) is 0 Å². The molecule has 2 heteroatoms. The van der Waals surface area contributed by atoms with Crippen LogP contribution in [0.5, 0.6) is 0 Å².